The fourth-order valence-electron chi connectivity index (χ4n) is 2.88. The molecule has 1 unspecified atom stereocenters. The number of amides is 1. The van der Waals surface area contributed by atoms with Crippen LogP contribution < -0.4 is 15.5 Å². The molecule has 1 aliphatic heterocycles. The van der Waals surface area contributed by atoms with E-state index in [0.29, 0.717) is 43.6 Å². The highest BCUT2D eigenvalue weighted by atomic mass is 127. The monoisotopic (exact) mass is 484 g/mol. The van der Waals surface area contributed by atoms with E-state index in [0.717, 1.165) is 12.2 Å². The SMILES string of the molecule is CCNC(=NCCc1nc(C)no1)NC1CC(=O)N(c2ccccc2)C1.I. The summed E-state index contributed by atoms with van der Waals surface area (Å²) in [4.78, 5) is 22.8. The van der Waals surface area contributed by atoms with Crippen molar-refractivity contribution in [2.75, 3.05) is 24.5 Å². The Balaban J connectivity index is 0.00000261. The molecule has 2 heterocycles. The van der Waals surface area contributed by atoms with Crippen LogP contribution in [0.3, 0.4) is 0 Å². The molecule has 1 aliphatic rings. The van der Waals surface area contributed by atoms with Crippen LogP contribution in [0.2, 0.25) is 0 Å². The van der Waals surface area contributed by atoms with Gasteiger partial charge in [0.25, 0.3) is 0 Å². The zero-order valence-corrected chi connectivity index (χ0v) is 17.8. The largest absolute Gasteiger partial charge is 0.357 e. The fraction of sp³-hybridized carbons (Fsp3) is 0.444. The molecule has 1 saturated heterocycles. The van der Waals surface area contributed by atoms with Crippen LogP contribution in [0.5, 0.6) is 0 Å². The van der Waals surface area contributed by atoms with E-state index in [2.05, 4.69) is 25.8 Å². The zero-order valence-electron chi connectivity index (χ0n) is 15.5. The lowest BCUT2D eigenvalue weighted by molar-refractivity contribution is -0.117. The number of aliphatic imine (C=N–C) groups is 1. The number of nitrogens with zero attached hydrogens (tertiary/aromatic N) is 4. The van der Waals surface area contributed by atoms with Gasteiger partial charge in [-0.1, -0.05) is 23.4 Å². The number of hydrogen-bond acceptors (Lipinski definition) is 5. The maximum absolute atomic E-state index is 12.3. The second-order valence-corrected chi connectivity index (χ2v) is 6.13. The average molecular weight is 484 g/mol. The Morgan fingerprint density at radius 3 is 2.81 bits per heavy atom. The van der Waals surface area contributed by atoms with Crippen molar-refractivity contribution in [3.63, 3.8) is 0 Å². The molecular formula is C18H25IN6O2. The summed E-state index contributed by atoms with van der Waals surface area (Å²) in [6.07, 6.45) is 1.03. The van der Waals surface area contributed by atoms with Crippen LogP contribution in [-0.2, 0) is 11.2 Å². The normalized spacial score (nSPS) is 17.0. The quantitative estimate of drug-likeness (QED) is 0.370. The predicted octanol–water partition coefficient (Wildman–Crippen LogP) is 1.90. The van der Waals surface area contributed by atoms with Gasteiger partial charge in [0.2, 0.25) is 11.8 Å². The van der Waals surface area contributed by atoms with Gasteiger partial charge in [0.05, 0.1) is 12.6 Å². The molecule has 0 radical (unpaired) electrons. The van der Waals surface area contributed by atoms with Gasteiger partial charge in [-0.25, -0.2) is 0 Å². The van der Waals surface area contributed by atoms with Crippen LogP contribution in [0.25, 0.3) is 0 Å². The minimum absolute atomic E-state index is 0. The number of hydrogen-bond donors (Lipinski definition) is 2. The molecule has 8 nitrogen and oxygen atoms in total. The van der Waals surface area contributed by atoms with E-state index in [1.54, 1.807) is 6.92 Å². The molecule has 1 aromatic carbocycles. The van der Waals surface area contributed by atoms with Crippen molar-refractivity contribution in [3.8, 4) is 0 Å². The molecule has 3 rings (SSSR count). The van der Waals surface area contributed by atoms with Crippen LogP contribution in [0.4, 0.5) is 5.69 Å². The lowest BCUT2D eigenvalue weighted by atomic mass is 10.2. The number of carbonyl (C=O) groups is 1. The predicted molar refractivity (Wildman–Crippen MR) is 114 cm³/mol. The first-order valence-electron chi connectivity index (χ1n) is 8.85. The van der Waals surface area contributed by atoms with Crippen molar-refractivity contribution >= 4 is 41.5 Å². The molecule has 0 aliphatic carbocycles. The van der Waals surface area contributed by atoms with Crippen LogP contribution in [0, 0.1) is 6.92 Å². The van der Waals surface area contributed by atoms with E-state index in [1.807, 2.05) is 42.2 Å². The lowest BCUT2D eigenvalue weighted by Gasteiger charge is -2.18. The number of guanidine groups is 1. The van der Waals surface area contributed by atoms with Crippen LogP contribution in [0.1, 0.15) is 25.1 Å². The third kappa shape index (κ3) is 5.91. The zero-order chi connectivity index (χ0) is 18.4. The van der Waals surface area contributed by atoms with Gasteiger partial charge in [0.1, 0.15) is 0 Å². The highest BCUT2D eigenvalue weighted by molar-refractivity contribution is 14.0. The van der Waals surface area contributed by atoms with E-state index in [1.165, 1.54) is 0 Å². The molecule has 146 valence electrons. The number of anilines is 1. The third-order valence-electron chi connectivity index (χ3n) is 4.04. The number of aryl methyl sites for hydroxylation is 1. The molecule has 0 saturated carbocycles. The van der Waals surface area contributed by atoms with Gasteiger partial charge in [-0.2, -0.15) is 4.98 Å². The smallest absolute Gasteiger partial charge is 0.229 e. The summed E-state index contributed by atoms with van der Waals surface area (Å²) in [6.45, 7) is 5.69. The molecule has 1 atom stereocenters. The summed E-state index contributed by atoms with van der Waals surface area (Å²) >= 11 is 0. The molecule has 0 bridgehead atoms. The fourth-order valence-corrected chi connectivity index (χ4v) is 2.88. The summed E-state index contributed by atoms with van der Waals surface area (Å²) in [5.41, 5.74) is 0.926. The Morgan fingerprint density at radius 2 is 2.15 bits per heavy atom. The molecule has 0 spiro atoms. The molecule has 1 fully saturated rings. The Bertz CT molecular complexity index is 764. The van der Waals surface area contributed by atoms with Gasteiger partial charge in [-0.15, -0.1) is 24.0 Å². The Labute approximate surface area is 175 Å². The number of carbonyl (C=O) groups excluding carboxylic acids is 1. The second kappa shape index (κ2) is 10.2. The Morgan fingerprint density at radius 1 is 1.37 bits per heavy atom. The number of aromatic nitrogens is 2. The minimum Gasteiger partial charge on any atom is -0.357 e. The Kier molecular flexibility index (Phi) is 8.01. The number of nitrogens with one attached hydrogen (secondary N) is 2. The summed E-state index contributed by atoms with van der Waals surface area (Å²) in [6, 6.07) is 9.74. The van der Waals surface area contributed by atoms with E-state index >= 15 is 0 Å². The van der Waals surface area contributed by atoms with E-state index < -0.39 is 0 Å². The number of para-hydroxylation sites is 1. The summed E-state index contributed by atoms with van der Waals surface area (Å²) in [5.74, 6) is 2.01. The lowest BCUT2D eigenvalue weighted by Crippen LogP contribution is -2.44. The summed E-state index contributed by atoms with van der Waals surface area (Å²) in [7, 11) is 0. The molecule has 27 heavy (non-hydrogen) atoms. The Hall–Kier alpha value is -2.17. The molecule has 1 amide bonds. The molecule has 2 N–H and O–H groups in total. The maximum Gasteiger partial charge on any atom is 0.229 e. The van der Waals surface area contributed by atoms with Crippen molar-refractivity contribution in [1.29, 1.82) is 0 Å². The third-order valence-corrected chi connectivity index (χ3v) is 4.04. The van der Waals surface area contributed by atoms with Crippen LogP contribution in [0.15, 0.2) is 39.8 Å². The second-order valence-electron chi connectivity index (χ2n) is 6.13. The number of halogens is 1. The van der Waals surface area contributed by atoms with Crippen LogP contribution >= 0.6 is 24.0 Å². The first kappa shape index (κ1) is 21.1. The van der Waals surface area contributed by atoms with Gasteiger partial charge >= 0.3 is 0 Å². The van der Waals surface area contributed by atoms with Crippen LogP contribution in [-0.4, -0.2) is 47.7 Å². The summed E-state index contributed by atoms with van der Waals surface area (Å²) < 4.78 is 5.09. The summed E-state index contributed by atoms with van der Waals surface area (Å²) in [5, 5.41) is 10.3. The topological polar surface area (TPSA) is 95.6 Å². The first-order chi connectivity index (χ1) is 12.7. The van der Waals surface area contributed by atoms with E-state index in [9.17, 15) is 4.79 Å². The van der Waals surface area contributed by atoms with Gasteiger partial charge < -0.3 is 20.1 Å². The average Bonchev–Trinajstić information content (AvgIpc) is 3.21. The van der Waals surface area contributed by atoms with Crippen molar-refractivity contribution < 1.29 is 9.32 Å². The number of rotatable bonds is 6. The van der Waals surface area contributed by atoms with E-state index in [4.69, 9.17) is 4.52 Å². The molecule has 1 aromatic heterocycles. The van der Waals surface area contributed by atoms with Crippen molar-refractivity contribution in [3.05, 3.63) is 42.0 Å². The van der Waals surface area contributed by atoms with Gasteiger partial charge in [0.15, 0.2) is 11.8 Å². The molecular weight excluding hydrogens is 459 g/mol. The van der Waals surface area contributed by atoms with Gasteiger partial charge in [-0.05, 0) is 26.0 Å². The van der Waals surface area contributed by atoms with E-state index in [-0.39, 0.29) is 35.9 Å². The van der Waals surface area contributed by atoms with Crippen molar-refractivity contribution in [1.82, 2.24) is 20.8 Å². The minimum atomic E-state index is 0. The molecule has 9 heteroatoms. The highest BCUT2D eigenvalue weighted by Gasteiger charge is 2.31. The molecule has 2 aromatic rings. The maximum atomic E-state index is 12.3. The first-order valence-corrected chi connectivity index (χ1v) is 8.85. The highest BCUT2D eigenvalue weighted by Crippen LogP contribution is 2.20. The number of benzene rings is 1. The van der Waals surface area contributed by atoms with Crippen molar-refractivity contribution in [2.24, 2.45) is 4.99 Å². The van der Waals surface area contributed by atoms with Gasteiger partial charge in [0, 0.05) is 31.6 Å². The van der Waals surface area contributed by atoms with Gasteiger partial charge in [-0.3, -0.25) is 9.79 Å². The van der Waals surface area contributed by atoms with Crippen molar-refractivity contribution in [2.45, 2.75) is 32.7 Å². The standard InChI is InChI=1S/C18H24N6O2.HI/c1-3-19-18(20-10-9-16-21-13(2)23-26-16)22-14-11-17(25)24(12-14)15-7-5-4-6-8-15;/h4-8,14H,3,9-12H2,1-2H3,(H2,19,20,22);1H.